The standard InChI is InChI=1S/C17H25ClN2O2.ClH/c1-11-10-14(8-9-19-11)17(21)20-12(2)16(22-3)13-4-6-15(18)7-5-13;/h4-7,11-12,14,16,19H,8-10H2,1-3H3,(H,20,21);1H/t11-,12?,14-,16?;/m0./s1. The van der Waals surface area contributed by atoms with Crippen molar-refractivity contribution in [3.05, 3.63) is 34.9 Å². The fourth-order valence-corrected chi connectivity index (χ4v) is 3.20. The molecule has 1 saturated heterocycles. The first-order chi connectivity index (χ1) is 10.5. The number of methoxy groups -OCH3 is 1. The first kappa shape index (κ1) is 20.2. The van der Waals surface area contributed by atoms with Crippen molar-refractivity contribution in [1.82, 2.24) is 10.6 Å². The van der Waals surface area contributed by atoms with E-state index in [1.807, 2.05) is 31.2 Å². The van der Waals surface area contributed by atoms with Gasteiger partial charge >= 0.3 is 0 Å². The van der Waals surface area contributed by atoms with Gasteiger partial charge in [0.15, 0.2) is 0 Å². The second-order valence-corrected chi connectivity index (χ2v) is 6.52. The zero-order valence-electron chi connectivity index (χ0n) is 13.8. The van der Waals surface area contributed by atoms with Crippen LogP contribution < -0.4 is 10.6 Å². The van der Waals surface area contributed by atoms with E-state index in [0.29, 0.717) is 11.1 Å². The number of rotatable bonds is 5. The van der Waals surface area contributed by atoms with Crippen LogP contribution in [0, 0.1) is 5.92 Å². The number of halogens is 2. The molecule has 1 aliphatic heterocycles. The summed E-state index contributed by atoms with van der Waals surface area (Å²) in [4.78, 5) is 12.4. The average molecular weight is 361 g/mol. The van der Waals surface area contributed by atoms with Crippen LogP contribution in [0.15, 0.2) is 24.3 Å². The van der Waals surface area contributed by atoms with Crippen molar-refractivity contribution in [3.63, 3.8) is 0 Å². The van der Waals surface area contributed by atoms with E-state index < -0.39 is 0 Å². The first-order valence-electron chi connectivity index (χ1n) is 7.83. The third-order valence-electron chi connectivity index (χ3n) is 4.27. The quantitative estimate of drug-likeness (QED) is 0.846. The summed E-state index contributed by atoms with van der Waals surface area (Å²) in [6.07, 6.45) is 1.60. The van der Waals surface area contributed by atoms with Gasteiger partial charge in [0, 0.05) is 24.1 Å². The largest absolute Gasteiger partial charge is 0.375 e. The molecule has 6 heteroatoms. The van der Waals surface area contributed by atoms with Crippen LogP contribution in [0.5, 0.6) is 0 Å². The Morgan fingerprint density at radius 3 is 2.61 bits per heavy atom. The maximum atomic E-state index is 12.4. The van der Waals surface area contributed by atoms with Crippen LogP contribution in [0.25, 0.3) is 0 Å². The van der Waals surface area contributed by atoms with Crippen LogP contribution in [-0.4, -0.2) is 31.6 Å². The maximum Gasteiger partial charge on any atom is 0.223 e. The molecular weight excluding hydrogens is 335 g/mol. The van der Waals surface area contributed by atoms with E-state index >= 15 is 0 Å². The molecule has 0 aromatic heterocycles. The highest BCUT2D eigenvalue weighted by atomic mass is 35.5. The van der Waals surface area contributed by atoms with Gasteiger partial charge in [0.2, 0.25) is 5.91 Å². The molecule has 4 nitrogen and oxygen atoms in total. The molecule has 2 rings (SSSR count). The predicted octanol–water partition coefficient (Wildman–Crippen LogP) is 3.34. The number of nitrogens with one attached hydrogen (secondary N) is 2. The van der Waals surface area contributed by atoms with Gasteiger partial charge in [-0.15, -0.1) is 12.4 Å². The number of carbonyl (C=O) groups excluding carboxylic acids is 1. The second-order valence-electron chi connectivity index (χ2n) is 6.08. The van der Waals surface area contributed by atoms with Gasteiger partial charge in [-0.3, -0.25) is 4.79 Å². The third-order valence-corrected chi connectivity index (χ3v) is 4.52. The molecule has 0 bridgehead atoms. The Kier molecular flexibility index (Phi) is 8.34. The van der Waals surface area contributed by atoms with Gasteiger partial charge in [0.25, 0.3) is 0 Å². The third kappa shape index (κ3) is 5.64. The van der Waals surface area contributed by atoms with Crippen LogP contribution in [0.3, 0.4) is 0 Å². The van der Waals surface area contributed by atoms with Crippen molar-refractivity contribution >= 4 is 29.9 Å². The molecule has 4 atom stereocenters. The van der Waals surface area contributed by atoms with Crippen LogP contribution >= 0.6 is 24.0 Å². The van der Waals surface area contributed by atoms with E-state index in [2.05, 4.69) is 17.6 Å². The predicted molar refractivity (Wildman–Crippen MR) is 96.2 cm³/mol. The molecule has 1 aromatic rings. The van der Waals surface area contributed by atoms with Gasteiger partial charge in [0.05, 0.1) is 6.04 Å². The second kappa shape index (κ2) is 9.48. The van der Waals surface area contributed by atoms with E-state index in [0.717, 1.165) is 24.9 Å². The Hall–Kier alpha value is -0.810. The number of hydrogen-bond donors (Lipinski definition) is 2. The van der Waals surface area contributed by atoms with Gasteiger partial charge in [-0.2, -0.15) is 0 Å². The number of carbonyl (C=O) groups is 1. The van der Waals surface area contributed by atoms with Crippen LogP contribution in [0.2, 0.25) is 5.02 Å². The van der Waals surface area contributed by atoms with Crippen LogP contribution in [0.1, 0.15) is 38.4 Å². The number of ether oxygens (including phenoxy) is 1. The summed E-state index contributed by atoms with van der Waals surface area (Å²) in [6, 6.07) is 7.85. The minimum atomic E-state index is -0.180. The maximum absolute atomic E-state index is 12.4. The summed E-state index contributed by atoms with van der Waals surface area (Å²) in [5.74, 6) is 0.207. The van der Waals surface area contributed by atoms with Crippen LogP contribution in [-0.2, 0) is 9.53 Å². The average Bonchev–Trinajstić information content (AvgIpc) is 2.50. The summed E-state index contributed by atoms with van der Waals surface area (Å²) in [5, 5.41) is 7.17. The molecule has 0 aliphatic carbocycles. The highest BCUT2D eigenvalue weighted by Crippen LogP contribution is 2.23. The Morgan fingerprint density at radius 2 is 2.04 bits per heavy atom. The zero-order chi connectivity index (χ0) is 16.1. The first-order valence-corrected chi connectivity index (χ1v) is 8.21. The Bertz CT molecular complexity index is 496. The van der Waals surface area contributed by atoms with Gasteiger partial charge in [-0.1, -0.05) is 23.7 Å². The monoisotopic (exact) mass is 360 g/mol. The molecule has 1 fully saturated rings. The minimum absolute atomic E-state index is 0. The molecule has 2 unspecified atom stereocenters. The van der Waals surface area contributed by atoms with Crippen molar-refractivity contribution in [2.24, 2.45) is 5.92 Å². The van der Waals surface area contributed by atoms with E-state index in [9.17, 15) is 4.79 Å². The Balaban J connectivity index is 0.00000264. The summed E-state index contributed by atoms with van der Waals surface area (Å²) in [6.45, 7) is 5.00. The molecule has 0 radical (unpaired) electrons. The van der Waals surface area contributed by atoms with Crippen molar-refractivity contribution in [2.75, 3.05) is 13.7 Å². The van der Waals surface area contributed by atoms with Crippen molar-refractivity contribution in [3.8, 4) is 0 Å². The number of hydrogen-bond acceptors (Lipinski definition) is 3. The normalized spacial score (nSPS) is 23.5. The number of amides is 1. The highest BCUT2D eigenvalue weighted by Gasteiger charge is 2.28. The molecule has 1 aliphatic rings. The van der Waals surface area contributed by atoms with Crippen molar-refractivity contribution in [2.45, 2.75) is 44.9 Å². The smallest absolute Gasteiger partial charge is 0.223 e. The van der Waals surface area contributed by atoms with Gasteiger partial charge in [0.1, 0.15) is 6.10 Å². The number of piperidine rings is 1. The molecule has 0 spiro atoms. The lowest BCUT2D eigenvalue weighted by molar-refractivity contribution is -0.127. The molecule has 23 heavy (non-hydrogen) atoms. The topological polar surface area (TPSA) is 50.4 Å². The molecule has 130 valence electrons. The summed E-state index contributed by atoms with van der Waals surface area (Å²) < 4.78 is 5.58. The van der Waals surface area contributed by atoms with Gasteiger partial charge < -0.3 is 15.4 Å². The minimum Gasteiger partial charge on any atom is -0.375 e. The van der Waals surface area contributed by atoms with E-state index in [-0.39, 0.29) is 36.4 Å². The van der Waals surface area contributed by atoms with E-state index in [1.54, 1.807) is 7.11 Å². The fourth-order valence-electron chi connectivity index (χ4n) is 3.07. The lowest BCUT2D eigenvalue weighted by atomic mass is 9.92. The molecule has 2 N–H and O–H groups in total. The number of benzene rings is 1. The fraction of sp³-hybridized carbons (Fsp3) is 0.588. The van der Waals surface area contributed by atoms with Crippen molar-refractivity contribution < 1.29 is 9.53 Å². The SMILES string of the molecule is COC(c1ccc(Cl)cc1)C(C)NC(=O)[C@H]1CCN[C@@H](C)C1.Cl. The summed E-state index contributed by atoms with van der Waals surface area (Å²) in [7, 11) is 1.66. The van der Waals surface area contributed by atoms with E-state index in [1.165, 1.54) is 0 Å². The highest BCUT2D eigenvalue weighted by molar-refractivity contribution is 6.30. The zero-order valence-corrected chi connectivity index (χ0v) is 15.4. The molecule has 1 amide bonds. The summed E-state index contributed by atoms with van der Waals surface area (Å²) in [5.41, 5.74) is 1.01. The van der Waals surface area contributed by atoms with E-state index in [4.69, 9.17) is 16.3 Å². The molecule has 1 heterocycles. The Labute approximate surface area is 149 Å². The summed E-state index contributed by atoms with van der Waals surface area (Å²) >= 11 is 5.92. The van der Waals surface area contributed by atoms with Gasteiger partial charge in [-0.05, 0) is 50.9 Å². The van der Waals surface area contributed by atoms with Crippen molar-refractivity contribution in [1.29, 1.82) is 0 Å². The lowest BCUT2D eigenvalue weighted by Crippen LogP contribution is -2.46. The van der Waals surface area contributed by atoms with Crippen LogP contribution in [0.4, 0.5) is 0 Å². The lowest BCUT2D eigenvalue weighted by Gasteiger charge is -2.30. The van der Waals surface area contributed by atoms with Gasteiger partial charge in [-0.25, -0.2) is 0 Å². The molecular formula is C17H26Cl2N2O2. The molecule has 1 aromatic carbocycles. The molecule has 0 saturated carbocycles. The Morgan fingerprint density at radius 1 is 1.39 bits per heavy atom.